The summed E-state index contributed by atoms with van der Waals surface area (Å²) in [4.78, 5) is 4.91. The number of hydrogen-bond donors (Lipinski definition) is 0. The molecular formula is C9H15NSeSi. The zero-order valence-electron chi connectivity index (χ0n) is 7.87. The second-order valence-electron chi connectivity index (χ2n) is 4.49. The summed E-state index contributed by atoms with van der Waals surface area (Å²) in [5, 5.41) is 0. The third-order valence-electron chi connectivity index (χ3n) is 2.40. The predicted molar refractivity (Wildman–Crippen MR) is 57.9 cm³/mol. The molecule has 12 heavy (non-hydrogen) atoms. The second-order valence-corrected chi connectivity index (χ2v) is 11.8. The summed E-state index contributed by atoms with van der Waals surface area (Å²) in [5.74, 6) is 0. The van der Waals surface area contributed by atoms with Gasteiger partial charge in [-0.2, -0.15) is 0 Å². The van der Waals surface area contributed by atoms with E-state index >= 15 is 0 Å². The van der Waals surface area contributed by atoms with Crippen molar-refractivity contribution in [3.05, 3.63) is 17.1 Å². The molecule has 0 aliphatic carbocycles. The van der Waals surface area contributed by atoms with Crippen LogP contribution < -0.4 is 4.90 Å². The van der Waals surface area contributed by atoms with Crippen LogP contribution in [-0.4, -0.2) is 34.8 Å². The number of rotatable bonds is 2. The first-order valence-electron chi connectivity index (χ1n) is 4.39. The monoisotopic (exact) mass is 245 g/mol. The molecule has 66 valence electrons. The summed E-state index contributed by atoms with van der Waals surface area (Å²) in [5.41, 5.74) is 0.936. The molecular weight excluding hydrogens is 229 g/mol. The molecule has 1 aliphatic heterocycles. The third-order valence-corrected chi connectivity index (χ3v) is 6.79. The molecule has 2 heterocycles. The van der Waals surface area contributed by atoms with Crippen molar-refractivity contribution >= 4 is 27.1 Å². The Bertz CT molecular complexity index is 263. The molecule has 3 heteroatoms. The van der Waals surface area contributed by atoms with Crippen LogP contribution in [0.5, 0.6) is 0 Å². The summed E-state index contributed by atoms with van der Waals surface area (Å²) in [7, 11) is -0.887. The van der Waals surface area contributed by atoms with Crippen LogP contribution in [0.25, 0.3) is 0 Å². The maximum absolute atomic E-state index is 2.60. The zero-order valence-corrected chi connectivity index (χ0v) is 10.6. The number of nitrogens with zero attached hydrogens (tertiary/aromatic N) is 1. The van der Waals surface area contributed by atoms with Crippen LogP contribution in [0.15, 0.2) is 17.1 Å². The van der Waals surface area contributed by atoms with Crippen LogP contribution in [0.1, 0.15) is 0 Å². The molecule has 1 aromatic heterocycles. The van der Waals surface area contributed by atoms with Gasteiger partial charge in [0.2, 0.25) is 0 Å². The summed E-state index contributed by atoms with van der Waals surface area (Å²) < 4.78 is 1.61. The van der Waals surface area contributed by atoms with Crippen LogP contribution in [-0.2, 0) is 0 Å². The standard InChI is InChI=1S/C9H15NSeSi/c1-12(2,3)9-7-10(9)8-5-4-6-11-8/h4-6,9H,7H2,1-3H3. The summed E-state index contributed by atoms with van der Waals surface area (Å²) in [6, 6.07) is 4.50. The Kier molecular flexibility index (Phi) is 1.98. The molecule has 1 fully saturated rings. The molecule has 1 aromatic rings. The van der Waals surface area contributed by atoms with E-state index in [0.29, 0.717) is 14.5 Å². The Morgan fingerprint density at radius 1 is 1.50 bits per heavy atom. The predicted octanol–water partition coefficient (Wildman–Crippen LogP) is 1.81. The van der Waals surface area contributed by atoms with Crippen LogP contribution in [0.2, 0.25) is 19.6 Å². The van der Waals surface area contributed by atoms with Crippen LogP contribution in [0.4, 0.5) is 4.56 Å². The fourth-order valence-corrected chi connectivity index (χ4v) is 5.24. The number of anilines is 1. The summed E-state index contributed by atoms with van der Waals surface area (Å²) in [6.07, 6.45) is 0. The minimum atomic E-state index is -0.887. The van der Waals surface area contributed by atoms with Gasteiger partial charge in [-0.15, -0.1) is 0 Å². The van der Waals surface area contributed by atoms with Gasteiger partial charge in [0.25, 0.3) is 0 Å². The normalized spacial score (nSPS) is 22.9. The molecule has 2 rings (SSSR count). The second kappa shape index (κ2) is 2.76. The molecule has 1 saturated heterocycles. The van der Waals surface area contributed by atoms with Gasteiger partial charge in [0.1, 0.15) is 0 Å². The molecule has 0 N–H and O–H groups in total. The van der Waals surface area contributed by atoms with Gasteiger partial charge in [0, 0.05) is 0 Å². The van der Waals surface area contributed by atoms with Gasteiger partial charge in [0.15, 0.2) is 0 Å². The van der Waals surface area contributed by atoms with Gasteiger partial charge >= 0.3 is 81.0 Å². The summed E-state index contributed by atoms with van der Waals surface area (Å²) >= 11 is 0.647. The van der Waals surface area contributed by atoms with Crippen LogP contribution >= 0.6 is 0 Å². The van der Waals surface area contributed by atoms with Crippen molar-refractivity contribution in [3.8, 4) is 0 Å². The van der Waals surface area contributed by atoms with E-state index in [9.17, 15) is 0 Å². The van der Waals surface area contributed by atoms with E-state index in [2.05, 4.69) is 41.6 Å². The molecule has 0 amide bonds. The summed E-state index contributed by atoms with van der Waals surface area (Å²) in [6.45, 7) is 8.74. The van der Waals surface area contributed by atoms with Crippen LogP contribution in [0.3, 0.4) is 0 Å². The maximum atomic E-state index is 2.60. The fraction of sp³-hybridized carbons (Fsp3) is 0.556. The Morgan fingerprint density at radius 3 is 2.67 bits per heavy atom. The van der Waals surface area contributed by atoms with Crippen molar-refractivity contribution in [1.82, 2.24) is 0 Å². The van der Waals surface area contributed by atoms with Crippen molar-refractivity contribution < 1.29 is 0 Å². The first-order valence-corrected chi connectivity index (χ1v) is 9.81. The van der Waals surface area contributed by atoms with Gasteiger partial charge in [-0.05, 0) is 0 Å². The molecule has 0 aromatic carbocycles. The molecule has 0 bridgehead atoms. The average Bonchev–Trinajstić information content (AvgIpc) is 2.60. The molecule has 1 aliphatic rings. The Morgan fingerprint density at radius 2 is 2.25 bits per heavy atom. The van der Waals surface area contributed by atoms with Crippen molar-refractivity contribution in [1.29, 1.82) is 0 Å². The molecule has 1 unspecified atom stereocenters. The SMILES string of the molecule is C[Si](C)(C)C1CN1c1ccc[se]1. The first-order chi connectivity index (χ1) is 5.59. The molecule has 0 radical (unpaired) electrons. The van der Waals surface area contributed by atoms with Gasteiger partial charge in [0.05, 0.1) is 0 Å². The van der Waals surface area contributed by atoms with Crippen molar-refractivity contribution in [3.63, 3.8) is 0 Å². The molecule has 1 atom stereocenters. The van der Waals surface area contributed by atoms with Crippen molar-refractivity contribution in [2.24, 2.45) is 0 Å². The van der Waals surface area contributed by atoms with E-state index in [1.54, 1.807) is 4.56 Å². The van der Waals surface area contributed by atoms with Gasteiger partial charge < -0.3 is 0 Å². The van der Waals surface area contributed by atoms with E-state index in [1.807, 2.05) is 0 Å². The first kappa shape index (κ1) is 8.61. The number of hydrogen-bond acceptors (Lipinski definition) is 1. The fourth-order valence-electron chi connectivity index (χ4n) is 1.56. The van der Waals surface area contributed by atoms with Gasteiger partial charge in [-0.3, -0.25) is 0 Å². The van der Waals surface area contributed by atoms with E-state index in [4.69, 9.17) is 0 Å². The average molecular weight is 244 g/mol. The van der Waals surface area contributed by atoms with E-state index in [1.165, 1.54) is 6.54 Å². The van der Waals surface area contributed by atoms with Gasteiger partial charge in [-0.1, -0.05) is 0 Å². The Labute approximate surface area is 81.1 Å². The zero-order chi connectivity index (χ0) is 8.77. The minimum absolute atomic E-state index is 0.647. The Balaban J connectivity index is 2.06. The quantitative estimate of drug-likeness (QED) is 0.566. The van der Waals surface area contributed by atoms with Crippen LogP contribution in [0, 0.1) is 0 Å². The van der Waals surface area contributed by atoms with E-state index in [-0.39, 0.29) is 0 Å². The van der Waals surface area contributed by atoms with Crippen molar-refractivity contribution in [2.75, 3.05) is 11.4 Å². The molecule has 0 saturated carbocycles. The van der Waals surface area contributed by atoms with Crippen molar-refractivity contribution in [2.45, 2.75) is 25.3 Å². The molecule has 1 nitrogen and oxygen atoms in total. The van der Waals surface area contributed by atoms with E-state index in [0.717, 1.165) is 5.67 Å². The van der Waals surface area contributed by atoms with Gasteiger partial charge in [-0.25, -0.2) is 0 Å². The third kappa shape index (κ3) is 1.54. The molecule has 0 spiro atoms. The Hall–Kier alpha value is 0.0164. The topological polar surface area (TPSA) is 3.01 Å². The van der Waals surface area contributed by atoms with E-state index < -0.39 is 8.07 Å².